The van der Waals surface area contributed by atoms with Crippen LogP contribution >= 0.6 is 11.9 Å². The van der Waals surface area contributed by atoms with Gasteiger partial charge in [0.15, 0.2) is 0 Å². The summed E-state index contributed by atoms with van der Waals surface area (Å²) < 4.78 is 8.09. The Morgan fingerprint density at radius 3 is 2.42 bits per heavy atom. The number of hydrogen-bond donors (Lipinski definition) is 2. The Bertz CT molecular complexity index is 2030. The first-order valence-electron chi connectivity index (χ1n) is 18.5. The Morgan fingerprint density at radius 2 is 1.68 bits per heavy atom. The summed E-state index contributed by atoms with van der Waals surface area (Å²) in [5.74, 6) is 1.88. The van der Waals surface area contributed by atoms with E-state index in [4.69, 9.17) is 19.7 Å². The predicted octanol–water partition coefficient (Wildman–Crippen LogP) is 7.58. The van der Waals surface area contributed by atoms with E-state index < -0.39 is 0 Å². The van der Waals surface area contributed by atoms with Crippen molar-refractivity contribution in [3.63, 3.8) is 0 Å². The van der Waals surface area contributed by atoms with Gasteiger partial charge in [-0.25, -0.2) is 4.98 Å². The summed E-state index contributed by atoms with van der Waals surface area (Å²) in [6.07, 6.45) is 14.7. The minimum absolute atomic E-state index is 0.464. The molecule has 4 heterocycles. The molecule has 2 saturated heterocycles. The quantitative estimate of drug-likeness (QED) is 0.124. The van der Waals surface area contributed by atoms with Crippen LogP contribution in [0.4, 0.5) is 34.5 Å². The molecule has 2 fully saturated rings. The summed E-state index contributed by atoms with van der Waals surface area (Å²) in [5, 5.41) is 7.14. The number of nitrogens with zero attached hydrogens (tertiary/aromatic N) is 8. The van der Waals surface area contributed by atoms with Crippen LogP contribution in [-0.2, 0) is 6.42 Å². The van der Waals surface area contributed by atoms with Crippen molar-refractivity contribution in [1.82, 2.24) is 29.7 Å². The highest BCUT2D eigenvalue weighted by Gasteiger charge is 2.28. The molecule has 0 radical (unpaired) electrons. The Morgan fingerprint density at radius 1 is 0.906 bits per heavy atom. The van der Waals surface area contributed by atoms with E-state index in [0.29, 0.717) is 17.8 Å². The van der Waals surface area contributed by atoms with E-state index in [1.165, 1.54) is 37.2 Å². The van der Waals surface area contributed by atoms with Crippen molar-refractivity contribution in [3.05, 3.63) is 89.9 Å². The average Bonchev–Trinajstić information content (AvgIpc) is 3.20. The van der Waals surface area contributed by atoms with Crippen LogP contribution in [0.5, 0.6) is 5.75 Å². The number of piperazine rings is 1. The highest BCUT2D eigenvalue weighted by Crippen LogP contribution is 2.39. The molecule has 11 nitrogen and oxygen atoms in total. The van der Waals surface area contributed by atoms with Crippen molar-refractivity contribution in [2.75, 3.05) is 86.6 Å². The third-order valence-electron chi connectivity index (χ3n) is 10.4. The minimum Gasteiger partial charge on any atom is -0.494 e. The number of rotatable bonds is 12. The number of methoxy groups -OCH3 is 1. The molecule has 0 unspecified atom stereocenters. The van der Waals surface area contributed by atoms with E-state index in [2.05, 4.69) is 78.9 Å². The van der Waals surface area contributed by atoms with Crippen LogP contribution in [0, 0.1) is 0 Å². The monoisotopic (exact) mass is 730 g/mol. The van der Waals surface area contributed by atoms with Gasteiger partial charge in [0.1, 0.15) is 17.1 Å². The Labute approximate surface area is 317 Å². The standard InChI is InChI=1S/C41H50N10OS/c1-6-30-26-35(37(52-4)27-36(30)51-20-16-32(17-21-51)50-24-22-48(2)23-25-50)46-41-44-28-31(13-12-29-10-8-7-9-11-29)40(47-41)45-34-15-14-33-38(43-19-18-42-33)39(34)49(3)53-5/h7-15,18-19,26-28,32H,6,16-17,20-25H2,1-5H3,(H2,44,45,46,47)/b13-12+. The number of hydrogen-bond acceptors (Lipinski definition) is 12. The number of anilines is 6. The van der Waals surface area contributed by atoms with Crippen LogP contribution in [0.2, 0.25) is 0 Å². The molecule has 2 aromatic heterocycles. The Hall–Kier alpha value is -4.91. The van der Waals surface area contributed by atoms with Crippen LogP contribution in [0.15, 0.2) is 73.2 Å². The maximum absolute atomic E-state index is 6.00. The molecule has 3 aromatic carbocycles. The van der Waals surface area contributed by atoms with Gasteiger partial charge in [-0.05, 0) is 61.7 Å². The molecule has 0 atom stereocenters. The molecule has 0 amide bonds. The van der Waals surface area contributed by atoms with E-state index in [0.717, 1.165) is 77.6 Å². The van der Waals surface area contributed by atoms with Crippen LogP contribution in [0.3, 0.4) is 0 Å². The van der Waals surface area contributed by atoms with Gasteiger partial charge in [-0.1, -0.05) is 55.3 Å². The zero-order valence-corrected chi connectivity index (χ0v) is 32.2. The molecular weight excluding hydrogens is 681 g/mol. The molecule has 0 saturated carbocycles. The van der Waals surface area contributed by atoms with Crippen LogP contribution in [0.1, 0.15) is 36.5 Å². The zero-order chi connectivity index (χ0) is 36.7. The van der Waals surface area contributed by atoms with E-state index in [-0.39, 0.29) is 0 Å². The Balaban J connectivity index is 1.18. The number of benzene rings is 3. The number of piperidine rings is 1. The molecule has 7 rings (SSSR count). The first kappa shape index (κ1) is 36.4. The molecule has 276 valence electrons. The van der Waals surface area contributed by atoms with Crippen molar-refractivity contribution in [1.29, 1.82) is 0 Å². The summed E-state index contributed by atoms with van der Waals surface area (Å²) >= 11 is 1.60. The van der Waals surface area contributed by atoms with Crippen LogP contribution in [-0.4, -0.2) is 103 Å². The van der Waals surface area contributed by atoms with Crippen LogP contribution < -0.4 is 24.6 Å². The molecule has 12 heteroatoms. The number of likely N-dealkylation sites (N-methyl/N-ethyl adjacent to an activating group) is 1. The van der Waals surface area contributed by atoms with Crippen molar-refractivity contribution in [2.45, 2.75) is 32.2 Å². The lowest BCUT2D eigenvalue weighted by Gasteiger charge is -2.43. The normalized spacial score (nSPS) is 16.0. The molecule has 0 aliphatic carbocycles. The highest BCUT2D eigenvalue weighted by molar-refractivity contribution is 7.99. The van der Waals surface area contributed by atoms with E-state index >= 15 is 0 Å². The third-order valence-corrected chi connectivity index (χ3v) is 11.1. The smallest absolute Gasteiger partial charge is 0.229 e. The first-order chi connectivity index (χ1) is 25.9. The second-order valence-corrected chi connectivity index (χ2v) is 14.6. The van der Waals surface area contributed by atoms with Gasteiger partial charge in [-0.2, -0.15) is 4.98 Å². The summed E-state index contributed by atoms with van der Waals surface area (Å²) in [4.78, 5) is 26.8. The predicted molar refractivity (Wildman–Crippen MR) is 222 cm³/mol. The van der Waals surface area contributed by atoms with Gasteiger partial charge in [0, 0.05) is 94.5 Å². The van der Waals surface area contributed by atoms with Crippen molar-refractivity contribution >= 4 is 69.6 Å². The summed E-state index contributed by atoms with van der Waals surface area (Å²) in [7, 11) is 5.98. The fraction of sp³-hybridized carbons (Fsp3) is 0.366. The molecule has 0 spiro atoms. The SMILES string of the molecule is CCc1cc(Nc2ncc(/C=C/c3ccccc3)c(Nc3ccc4nccnc4c3N(C)SC)n2)c(OC)cc1N1CCC(N2CCN(C)CC2)CC1. The molecule has 53 heavy (non-hydrogen) atoms. The third kappa shape index (κ3) is 8.35. The van der Waals surface area contributed by atoms with Gasteiger partial charge in [0.05, 0.1) is 29.7 Å². The average molecular weight is 731 g/mol. The molecular formula is C41H50N10OS. The maximum Gasteiger partial charge on any atom is 0.229 e. The molecule has 5 aromatic rings. The van der Waals surface area contributed by atoms with Gasteiger partial charge >= 0.3 is 0 Å². The zero-order valence-electron chi connectivity index (χ0n) is 31.4. The number of nitrogens with one attached hydrogen (secondary N) is 2. The summed E-state index contributed by atoms with van der Waals surface area (Å²) in [6, 6.07) is 19.3. The molecule has 2 aliphatic heterocycles. The van der Waals surface area contributed by atoms with Crippen molar-refractivity contribution in [3.8, 4) is 5.75 Å². The number of ether oxygens (including phenoxy) is 1. The van der Waals surface area contributed by atoms with E-state index in [9.17, 15) is 0 Å². The van der Waals surface area contributed by atoms with E-state index in [1.807, 2.05) is 55.9 Å². The van der Waals surface area contributed by atoms with Gasteiger partial charge in [0.2, 0.25) is 5.95 Å². The largest absolute Gasteiger partial charge is 0.494 e. The van der Waals surface area contributed by atoms with Gasteiger partial charge < -0.3 is 29.5 Å². The topological polar surface area (TPSA) is 97.8 Å². The molecule has 2 aliphatic rings. The second kappa shape index (κ2) is 16.8. The van der Waals surface area contributed by atoms with Gasteiger partial charge in [0.25, 0.3) is 0 Å². The molecule has 2 N–H and O–H groups in total. The fourth-order valence-electron chi connectivity index (χ4n) is 7.32. The second-order valence-electron chi connectivity index (χ2n) is 13.6. The minimum atomic E-state index is 0.464. The summed E-state index contributed by atoms with van der Waals surface area (Å²) in [6.45, 7) is 8.98. The van der Waals surface area contributed by atoms with E-state index in [1.54, 1.807) is 31.5 Å². The first-order valence-corrected chi connectivity index (χ1v) is 19.7. The van der Waals surface area contributed by atoms with Crippen LogP contribution in [0.25, 0.3) is 23.2 Å². The number of aryl methyl sites for hydroxylation is 1. The lowest BCUT2D eigenvalue weighted by molar-refractivity contribution is 0.0982. The molecule has 0 bridgehead atoms. The fourth-order valence-corrected chi connectivity index (χ4v) is 7.69. The number of fused-ring (bicyclic) bond motifs is 1. The lowest BCUT2D eigenvalue weighted by Crippen LogP contribution is -2.52. The lowest BCUT2D eigenvalue weighted by atomic mass is 9.99. The summed E-state index contributed by atoms with van der Waals surface area (Å²) in [5.41, 5.74) is 8.71. The number of aromatic nitrogens is 4. The maximum atomic E-state index is 6.00. The van der Waals surface area contributed by atoms with Gasteiger partial charge in [-0.15, -0.1) is 0 Å². The van der Waals surface area contributed by atoms with Crippen molar-refractivity contribution in [2.24, 2.45) is 0 Å². The van der Waals surface area contributed by atoms with Crippen molar-refractivity contribution < 1.29 is 4.74 Å². The van der Waals surface area contributed by atoms with Gasteiger partial charge in [-0.3, -0.25) is 14.9 Å². The Kier molecular flexibility index (Phi) is 11.6. The highest BCUT2D eigenvalue weighted by atomic mass is 32.2.